The lowest BCUT2D eigenvalue weighted by molar-refractivity contribution is 0.162. The van der Waals surface area contributed by atoms with Crippen LogP contribution in [0.15, 0.2) is 0 Å². The highest BCUT2D eigenvalue weighted by Crippen LogP contribution is 1.55. The highest BCUT2D eigenvalue weighted by atomic mass is 16.5. The zero-order chi connectivity index (χ0) is 5.70. The molecule has 3 N–H and O–H groups in total. The van der Waals surface area contributed by atoms with Crippen molar-refractivity contribution in [2.45, 2.75) is 0 Å². The van der Waals surface area contributed by atoms with Crippen molar-refractivity contribution in [3.8, 4) is 0 Å². The van der Waals surface area contributed by atoms with Crippen molar-refractivity contribution >= 4 is 6.03 Å². The molecule has 0 aliphatic rings. The number of hydrogen-bond donors (Lipinski definition) is 3. The van der Waals surface area contributed by atoms with Crippen molar-refractivity contribution in [1.82, 2.24) is 10.8 Å². The molecule has 0 saturated carbocycles. The Labute approximate surface area is 41.5 Å². The number of hydrogen-bond acceptors (Lipinski definition) is 2. The molecule has 2 amide bonds. The maximum absolute atomic E-state index is 9.90. The molecule has 0 heterocycles. The van der Waals surface area contributed by atoms with E-state index in [0.717, 1.165) is 0 Å². The average Bonchev–Trinajstić information content (AvgIpc) is 1.68. The number of hydroxylamine groups is 1. The predicted octanol–water partition coefficient (Wildman–Crippen LogP) is -0.491. The summed E-state index contributed by atoms with van der Waals surface area (Å²) in [5.74, 6) is 0. The lowest BCUT2D eigenvalue weighted by atomic mass is 10.7. The van der Waals surface area contributed by atoms with E-state index in [4.69, 9.17) is 5.21 Å². The molecule has 0 atom stereocenters. The fraction of sp³-hybridized carbons (Fsp3) is 0.333. The molecule has 0 bridgehead atoms. The number of urea groups is 1. The van der Waals surface area contributed by atoms with E-state index in [1.807, 2.05) is 0 Å². The second-order valence-electron chi connectivity index (χ2n) is 0.868. The van der Waals surface area contributed by atoms with Gasteiger partial charge in [-0.2, -0.15) is 0 Å². The van der Waals surface area contributed by atoms with Crippen LogP contribution in [0.4, 0.5) is 4.79 Å². The molecule has 0 fully saturated rings. The molecule has 0 spiro atoms. The summed E-state index contributed by atoms with van der Waals surface area (Å²) in [4.78, 5) is 9.90. The first-order valence-electron chi connectivity index (χ1n) is 1.78. The van der Waals surface area contributed by atoms with Crippen molar-refractivity contribution < 1.29 is 10.0 Å². The van der Waals surface area contributed by atoms with Gasteiger partial charge in [-0.15, -0.1) is 0 Å². The van der Waals surface area contributed by atoms with Gasteiger partial charge in [-0.1, -0.05) is 0 Å². The topological polar surface area (TPSA) is 61.4 Å². The van der Waals surface area contributed by atoms with Gasteiger partial charge in [0.15, 0.2) is 0 Å². The van der Waals surface area contributed by atoms with E-state index in [1.165, 1.54) is 5.48 Å². The van der Waals surface area contributed by atoms with Crippen LogP contribution < -0.4 is 10.8 Å². The summed E-state index contributed by atoms with van der Waals surface area (Å²) in [7, 11) is 0. The first kappa shape index (κ1) is 6.23. The Morgan fingerprint density at radius 1 is 1.86 bits per heavy atom. The van der Waals surface area contributed by atoms with Crippen LogP contribution in [0.3, 0.4) is 0 Å². The van der Waals surface area contributed by atoms with E-state index >= 15 is 0 Å². The Morgan fingerprint density at radius 3 is 2.57 bits per heavy atom. The largest absolute Gasteiger partial charge is 0.338 e. The zero-order valence-electron chi connectivity index (χ0n) is 3.77. The first-order valence-corrected chi connectivity index (χ1v) is 1.78. The Kier molecular flexibility index (Phi) is 3.04. The molecule has 0 unspecified atom stereocenters. The van der Waals surface area contributed by atoms with Crippen LogP contribution in [0, 0.1) is 6.92 Å². The molecule has 0 rings (SSSR count). The SMILES string of the molecule is [CH2]CNC(=O)NO. The molecular formula is C3H7N2O2. The summed E-state index contributed by atoms with van der Waals surface area (Å²) in [5.41, 5.74) is 1.38. The smallest absolute Gasteiger partial charge is 0.336 e. The third kappa shape index (κ3) is 3.05. The second-order valence-corrected chi connectivity index (χ2v) is 0.868. The lowest BCUT2D eigenvalue weighted by Gasteiger charge is -1.94. The summed E-state index contributed by atoms with van der Waals surface area (Å²) in [5, 5.41) is 9.96. The normalized spacial score (nSPS) is 7.71. The van der Waals surface area contributed by atoms with Crippen LogP contribution in [-0.4, -0.2) is 17.8 Å². The molecule has 4 heteroatoms. The standard InChI is InChI=1S/C3H7N2O2/c1-2-4-3(6)5-7/h7H,1-2H2,(H2,4,5,6). The molecule has 41 valence electrons. The van der Waals surface area contributed by atoms with Crippen LogP contribution in [0.5, 0.6) is 0 Å². The fourth-order valence-corrected chi connectivity index (χ4v) is 0.153. The van der Waals surface area contributed by atoms with Crippen molar-refractivity contribution in [2.75, 3.05) is 6.54 Å². The molecular weight excluding hydrogens is 96.0 g/mol. The maximum Gasteiger partial charge on any atom is 0.338 e. The van der Waals surface area contributed by atoms with Crippen molar-refractivity contribution in [1.29, 1.82) is 0 Å². The highest BCUT2D eigenvalue weighted by Gasteiger charge is 1.88. The van der Waals surface area contributed by atoms with Gasteiger partial charge in [0.2, 0.25) is 0 Å². The monoisotopic (exact) mass is 103 g/mol. The quantitative estimate of drug-likeness (QED) is 0.310. The van der Waals surface area contributed by atoms with E-state index in [0.29, 0.717) is 0 Å². The molecule has 0 aromatic carbocycles. The predicted molar refractivity (Wildman–Crippen MR) is 23.7 cm³/mol. The third-order valence-corrected chi connectivity index (χ3v) is 0.387. The molecule has 1 radical (unpaired) electrons. The number of carbonyl (C=O) groups is 1. The van der Waals surface area contributed by atoms with E-state index in [2.05, 4.69) is 12.2 Å². The van der Waals surface area contributed by atoms with Gasteiger partial charge in [0.25, 0.3) is 0 Å². The second kappa shape index (κ2) is 3.42. The van der Waals surface area contributed by atoms with Gasteiger partial charge in [0, 0.05) is 6.54 Å². The number of carbonyl (C=O) groups excluding carboxylic acids is 1. The number of amides is 2. The summed E-state index contributed by atoms with van der Waals surface area (Å²) in [6.07, 6.45) is 0. The fourth-order valence-electron chi connectivity index (χ4n) is 0.153. The lowest BCUT2D eigenvalue weighted by Crippen LogP contribution is -2.32. The van der Waals surface area contributed by atoms with Crippen molar-refractivity contribution in [3.05, 3.63) is 6.92 Å². The van der Waals surface area contributed by atoms with Gasteiger partial charge in [0.05, 0.1) is 0 Å². The first-order chi connectivity index (χ1) is 3.31. The van der Waals surface area contributed by atoms with Gasteiger partial charge >= 0.3 is 6.03 Å². The molecule has 4 nitrogen and oxygen atoms in total. The van der Waals surface area contributed by atoms with Crippen molar-refractivity contribution in [2.24, 2.45) is 0 Å². The molecule has 0 aromatic rings. The van der Waals surface area contributed by atoms with Gasteiger partial charge < -0.3 is 5.32 Å². The number of nitrogens with one attached hydrogen (secondary N) is 2. The van der Waals surface area contributed by atoms with Crippen LogP contribution in [0.2, 0.25) is 0 Å². The Hall–Kier alpha value is -0.770. The average molecular weight is 103 g/mol. The third-order valence-electron chi connectivity index (χ3n) is 0.387. The highest BCUT2D eigenvalue weighted by molar-refractivity contribution is 5.72. The van der Waals surface area contributed by atoms with E-state index in [9.17, 15) is 4.79 Å². The molecule has 0 aliphatic carbocycles. The molecule has 0 aromatic heterocycles. The Morgan fingerprint density at radius 2 is 2.43 bits per heavy atom. The zero-order valence-corrected chi connectivity index (χ0v) is 3.77. The Bertz CT molecular complexity index is 64.0. The van der Waals surface area contributed by atoms with Gasteiger partial charge in [-0.3, -0.25) is 5.21 Å². The van der Waals surface area contributed by atoms with Crippen LogP contribution >= 0.6 is 0 Å². The summed E-state index contributed by atoms with van der Waals surface area (Å²) in [6, 6.07) is -0.630. The van der Waals surface area contributed by atoms with Crippen LogP contribution in [0.1, 0.15) is 0 Å². The minimum absolute atomic E-state index is 0.270. The molecule has 7 heavy (non-hydrogen) atoms. The van der Waals surface area contributed by atoms with Gasteiger partial charge in [-0.25, -0.2) is 10.3 Å². The molecule has 0 aliphatic heterocycles. The minimum atomic E-state index is -0.630. The van der Waals surface area contributed by atoms with Gasteiger partial charge in [-0.05, 0) is 6.92 Å². The Balaban J connectivity index is 3.00. The van der Waals surface area contributed by atoms with E-state index < -0.39 is 6.03 Å². The maximum atomic E-state index is 9.90. The number of rotatable bonds is 1. The van der Waals surface area contributed by atoms with Crippen LogP contribution in [0.25, 0.3) is 0 Å². The summed E-state index contributed by atoms with van der Waals surface area (Å²) < 4.78 is 0. The summed E-state index contributed by atoms with van der Waals surface area (Å²) >= 11 is 0. The van der Waals surface area contributed by atoms with Crippen molar-refractivity contribution in [3.63, 3.8) is 0 Å². The molecule has 0 saturated heterocycles. The summed E-state index contributed by atoms with van der Waals surface area (Å²) in [6.45, 7) is 3.56. The van der Waals surface area contributed by atoms with Gasteiger partial charge in [0.1, 0.15) is 0 Å². The minimum Gasteiger partial charge on any atom is -0.336 e. The van der Waals surface area contributed by atoms with E-state index in [1.54, 1.807) is 0 Å². The van der Waals surface area contributed by atoms with E-state index in [-0.39, 0.29) is 6.54 Å². The van der Waals surface area contributed by atoms with Crippen LogP contribution in [-0.2, 0) is 0 Å².